The Bertz CT molecular complexity index is 1310. The van der Waals surface area contributed by atoms with E-state index >= 15 is 0 Å². The van der Waals surface area contributed by atoms with E-state index in [9.17, 15) is 9.59 Å². The Hall–Kier alpha value is -2.61. The van der Waals surface area contributed by atoms with Gasteiger partial charge < -0.3 is 5.32 Å². The molecule has 0 aliphatic carbocycles. The fourth-order valence-electron chi connectivity index (χ4n) is 2.98. The minimum atomic E-state index is -0.172. The minimum absolute atomic E-state index is 0.121. The molecule has 0 fully saturated rings. The zero-order valence-corrected chi connectivity index (χ0v) is 18.7. The van der Waals surface area contributed by atoms with Gasteiger partial charge in [-0.05, 0) is 66.8 Å². The topological polar surface area (TPSA) is 64.0 Å². The van der Waals surface area contributed by atoms with E-state index in [0.29, 0.717) is 26.1 Å². The summed E-state index contributed by atoms with van der Waals surface area (Å²) in [4.78, 5) is 30.2. The smallest absolute Gasteiger partial charge is 0.276 e. The molecular formula is C22H18ClN3O2S2. The van der Waals surface area contributed by atoms with Crippen molar-refractivity contribution in [3.8, 4) is 5.69 Å². The number of anilines is 1. The number of fused-ring (bicyclic) bond motifs is 1. The SMILES string of the molecule is Cc1ccc(NC(=O)CSc2nc3ccsc3c(=O)n2-c2cccc(Cl)c2)cc1C. The second kappa shape index (κ2) is 8.63. The monoisotopic (exact) mass is 455 g/mol. The molecular weight excluding hydrogens is 438 g/mol. The molecule has 2 aromatic carbocycles. The standard InChI is InChI=1S/C22H18ClN3O2S2/c1-13-6-7-16(10-14(13)2)24-19(27)12-30-22-25-18-8-9-29-20(18)21(28)26(22)17-5-3-4-15(23)11-17/h3-11H,12H2,1-2H3,(H,24,27). The molecule has 0 saturated heterocycles. The second-order valence-electron chi connectivity index (χ2n) is 6.79. The van der Waals surface area contributed by atoms with Crippen LogP contribution in [-0.2, 0) is 4.79 Å². The van der Waals surface area contributed by atoms with Gasteiger partial charge in [0.05, 0.1) is 17.0 Å². The lowest BCUT2D eigenvalue weighted by molar-refractivity contribution is -0.113. The predicted molar refractivity (Wildman–Crippen MR) is 125 cm³/mol. The summed E-state index contributed by atoms with van der Waals surface area (Å²) < 4.78 is 2.08. The fourth-order valence-corrected chi connectivity index (χ4v) is 4.73. The van der Waals surface area contributed by atoms with Gasteiger partial charge in [-0.2, -0.15) is 0 Å². The minimum Gasteiger partial charge on any atom is -0.325 e. The third-order valence-electron chi connectivity index (χ3n) is 4.64. The van der Waals surface area contributed by atoms with Crippen LogP contribution < -0.4 is 10.9 Å². The molecule has 0 spiro atoms. The van der Waals surface area contributed by atoms with Crippen molar-refractivity contribution in [1.82, 2.24) is 9.55 Å². The van der Waals surface area contributed by atoms with Gasteiger partial charge in [0.2, 0.25) is 5.91 Å². The van der Waals surface area contributed by atoms with Crippen LogP contribution in [0.15, 0.2) is 63.9 Å². The molecule has 0 aliphatic heterocycles. The van der Waals surface area contributed by atoms with E-state index in [1.807, 2.05) is 43.5 Å². The van der Waals surface area contributed by atoms with E-state index in [2.05, 4.69) is 10.3 Å². The van der Waals surface area contributed by atoms with E-state index < -0.39 is 0 Å². The summed E-state index contributed by atoms with van der Waals surface area (Å²) in [6.07, 6.45) is 0. The normalized spacial score (nSPS) is 11.0. The van der Waals surface area contributed by atoms with Crippen molar-refractivity contribution in [3.05, 3.63) is 80.4 Å². The zero-order valence-electron chi connectivity index (χ0n) is 16.3. The van der Waals surface area contributed by atoms with E-state index in [1.54, 1.807) is 24.3 Å². The summed E-state index contributed by atoms with van der Waals surface area (Å²) in [6, 6.07) is 14.6. The van der Waals surface area contributed by atoms with Crippen LogP contribution in [0.1, 0.15) is 11.1 Å². The number of nitrogens with one attached hydrogen (secondary N) is 1. The number of hydrogen-bond donors (Lipinski definition) is 1. The van der Waals surface area contributed by atoms with Crippen LogP contribution >= 0.6 is 34.7 Å². The molecule has 0 saturated carbocycles. The van der Waals surface area contributed by atoms with E-state index in [-0.39, 0.29) is 17.2 Å². The molecule has 1 amide bonds. The summed E-state index contributed by atoms with van der Waals surface area (Å²) in [5.74, 6) is -0.0455. The van der Waals surface area contributed by atoms with Crippen molar-refractivity contribution in [2.75, 3.05) is 11.1 Å². The van der Waals surface area contributed by atoms with Crippen molar-refractivity contribution >= 4 is 56.5 Å². The van der Waals surface area contributed by atoms with Crippen molar-refractivity contribution < 1.29 is 4.79 Å². The highest BCUT2D eigenvalue weighted by Crippen LogP contribution is 2.25. The van der Waals surface area contributed by atoms with Crippen molar-refractivity contribution in [2.24, 2.45) is 0 Å². The number of rotatable bonds is 5. The van der Waals surface area contributed by atoms with Gasteiger partial charge in [0.25, 0.3) is 5.56 Å². The largest absolute Gasteiger partial charge is 0.325 e. The maximum Gasteiger partial charge on any atom is 0.276 e. The Balaban J connectivity index is 1.63. The number of benzene rings is 2. The average molecular weight is 456 g/mol. The summed E-state index contributed by atoms with van der Waals surface area (Å²) in [5, 5.41) is 5.71. The molecule has 152 valence electrons. The number of thiophene rings is 1. The molecule has 8 heteroatoms. The quantitative estimate of drug-likeness (QED) is 0.321. The summed E-state index contributed by atoms with van der Waals surface area (Å²) >= 11 is 8.70. The highest BCUT2D eigenvalue weighted by molar-refractivity contribution is 7.99. The van der Waals surface area contributed by atoms with Crippen LogP contribution in [0.3, 0.4) is 0 Å². The maximum absolute atomic E-state index is 13.1. The lowest BCUT2D eigenvalue weighted by Gasteiger charge is -2.12. The van der Waals surface area contributed by atoms with Crippen LogP contribution in [0.25, 0.3) is 15.9 Å². The number of carbonyl (C=O) groups is 1. The summed E-state index contributed by atoms with van der Waals surface area (Å²) in [7, 11) is 0. The first kappa shape index (κ1) is 20.7. The van der Waals surface area contributed by atoms with Crippen molar-refractivity contribution in [1.29, 1.82) is 0 Å². The molecule has 2 heterocycles. The van der Waals surface area contributed by atoms with Gasteiger partial charge in [0.15, 0.2) is 5.16 Å². The Morgan fingerprint density at radius 1 is 1.17 bits per heavy atom. The molecule has 2 aromatic heterocycles. The average Bonchev–Trinajstić information content (AvgIpc) is 3.18. The van der Waals surface area contributed by atoms with Gasteiger partial charge >= 0.3 is 0 Å². The third-order valence-corrected chi connectivity index (χ3v) is 6.70. The van der Waals surface area contributed by atoms with Gasteiger partial charge in [-0.15, -0.1) is 11.3 Å². The molecule has 0 bridgehead atoms. The highest BCUT2D eigenvalue weighted by atomic mass is 35.5. The van der Waals surface area contributed by atoms with Crippen molar-refractivity contribution in [3.63, 3.8) is 0 Å². The Kier molecular flexibility index (Phi) is 5.94. The van der Waals surface area contributed by atoms with Crippen LogP contribution in [-0.4, -0.2) is 21.2 Å². The van der Waals surface area contributed by atoms with Gasteiger partial charge in [-0.25, -0.2) is 4.98 Å². The van der Waals surface area contributed by atoms with Gasteiger partial charge in [-0.1, -0.05) is 35.5 Å². The van der Waals surface area contributed by atoms with Gasteiger partial charge in [0, 0.05) is 10.7 Å². The summed E-state index contributed by atoms with van der Waals surface area (Å²) in [5.41, 5.74) is 4.10. The first-order valence-electron chi connectivity index (χ1n) is 9.18. The third kappa shape index (κ3) is 4.28. The van der Waals surface area contributed by atoms with E-state index in [4.69, 9.17) is 11.6 Å². The highest BCUT2D eigenvalue weighted by Gasteiger charge is 2.16. The number of aryl methyl sites for hydroxylation is 2. The van der Waals surface area contributed by atoms with Crippen LogP contribution in [0.2, 0.25) is 5.02 Å². The lowest BCUT2D eigenvalue weighted by atomic mass is 10.1. The lowest BCUT2D eigenvalue weighted by Crippen LogP contribution is -2.22. The fraction of sp³-hybridized carbons (Fsp3) is 0.136. The number of halogens is 1. The number of nitrogens with zero attached hydrogens (tertiary/aromatic N) is 2. The summed E-state index contributed by atoms with van der Waals surface area (Å²) in [6.45, 7) is 4.03. The number of aromatic nitrogens is 2. The van der Waals surface area contributed by atoms with Crippen LogP contribution in [0.4, 0.5) is 5.69 Å². The van der Waals surface area contributed by atoms with Crippen LogP contribution in [0, 0.1) is 13.8 Å². The number of thioether (sulfide) groups is 1. The molecule has 0 unspecified atom stereocenters. The predicted octanol–water partition coefficient (Wildman–Crippen LogP) is 5.45. The van der Waals surface area contributed by atoms with Gasteiger partial charge in [0.1, 0.15) is 4.70 Å². The van der Waals surface area contributed by atoms with Crippen LogP contribution in [0.5, 0.6) is 0 Å². The van der Waals surface area contributed by atoms with Crippen molar-refractivity contribution in [2.45, 2.75) is 19.0 Å². The Morgan fingerprint density at radius 2 is 2.00 bits per heavy atom. The second-order valence-corrected chi connectivity index (χ2v) is 9.08. The number of carbonyl (C=O) groups excluding carboxylic acids is 1. The molecule has 0 aliphatic rings. The maximum atomic E-state index is 13.1. The zero-order chi connectivity index (χ0) is 21.3. The molecule has 0 radical (unpaired) electrons. The molecule has 4 rings (SSSR count). The first-order valence-corrected chi connectivity index (χ1v) is 11.4. The molecule has 4 aromatic rings. The molecule has 30 heavy (non-hydrogen) atoms. The molecule has 1 N–H and O–H groups in total. The first-order chi connectivity index (χ1) is 14.4. The van der Waals surface area contributed by atoms with Gasteiger partial charge in [-0.3, -0.25) is 14.2 Å². The molecule has 5 nitrogen and oxygen atoms in total. The van der Waals surface area contributed by atoms with E-state index in [0.717, 1.165) is 11.3 Å². The number of hydrogen-bond acceptors (Lipinski definition) is 5. The van der Waals surface area contributed by atoms with E-state index in [1.165, 1.54) is 33.2 Å². The number of amides is 1. The Morgan fingerprint density at radius 3 is 2.77 bits per heavy atom. The molecule has 0 atom stereocenters. The Labute approximate surface area is 186 Å².